The number of benzene rings is 3. The van der Waals surface area contributed by atoms with Gasteiger partial charge < -0.3 is 15.8 Å². The van der Waals surface area contributed by atoms with Gasteiger partial charge in [-0.05, 0) is 42.5 Å². The second kappa shape index (κ2) is 11.2. The van der Waals surface area contributed by atoms with Crippen LogP contribution in [0.5, 0.6) is 5.75 Å². The molecule has 0 unspecified atom stereocenters. The largest absolute Gasteiger partial charge is 0.491 e. The topological polar surface area (TPSA) is 99.2 Å². The Balaban J connectivity index is 1.56. The molecule has 1 heterocycles. The van der Waals surface area contributed by atoms with Crippen molar-refractivity contribution in [3.05, 3.63) is 102 Å². The number of aromatic nitrogens is 2. The van der Waals surface area contributed by atoms with Crippen LogP contribution in [0.1, 0.15) is 12.0 Å². The summed E-state index contributed by atoms with van der Waals surface area (Å²) in [5, 5.41) is 8.18. The third kappa shape index (κ3) is 6.37. The van der Waals surface area contributed by atoms with Gasteiger partial charge in [0.25, 0.3) is 0 Å². The maximum atomic E-state index is 12.7. The third-order valence-corrected chi connectivity index (χ3v) is 5.30. The minimum atomic E-state index is -0.456. The van der Waals surface area contributed by atoms with Crippen LogP contribution in [0.4, 0.5) is 5.69 Å². The molecule has 0 fully saturated rings. The van der Waals surface area contributed by atoms with Crippen molar-refractivity contribution in [1.82, 2.24) is 9.78 Å². The Labute approximate surface area is 207 Å². The Bertz CT molecular complexity index is 1350. The zero-order valence-corrected chi connectivity index (χ0v) is 19.5. The first-order valence-corrected chi connectivity index (χ1v) is 11.3. The second-order valence-electron chi connectivity index (χ2n) is 7.60. The van der Waals surface area contributed by atoms with Gasteiger partial charge in [-0.15, -0.1) is 0 Å². The molecule has 4 aromatic rings. The first-order valence-electron chi connectivity index (χ1n) is 10.9. The number of ether oxygens (including phenoxy) is 1. The van der Waals surface area contributed by atoms with Gasteiger partial charge in [-0.2, -0.15) is 5.10 Å². The summed E-state index contributed by atoms with van der Waals surface area (Å²) in [6, 6.07) is 24.1. The quantitative estimate of drug-likeness (QED) is 0.321. The molecule has 35 heavy (non-hydrogen) atoms. The molecule has 7 nitrogen and oxygen atoms in total. The fraction of sp³-hybridized carbons (Fsp3) is 0.0741. The molecule has 0 spiro atoms. The summed E-state index contributed by atoms with van der Waals surface area (Å²) < 4.78 is 7.35. The zero-order chi connectivity index (χ0) is 24.6. The number of carbonyl (C=O) groups is 2. The molecule has 1 aromatic heterocycles. The first kappa shape index (κ1) is 23.8. The fourth-order valence-electron chi connectivity index (χ4n) is 3.35. The van der Waals surface area contributed by atoms with Gasteiger partial charge in [-0.25, -0.2) is 4.68 Å². The highest BCUT2D eigenvalue weighted by Gasteiger charge is 2.12. The van der Waals surface area contributed by atoms with Crippen LogP contribution in [0.3, 0.4) is 0 Å². The van der Waals surface area contributed by atoms with Crippen LogP contribution in [-0.2, 0) is 9.59 Å². The minimum absolute atomic E-state index is 0.0844. The van der Waals surface area contributed by atoms with Crippen LogP contribution >= 0.6 is 11.6 Å². The van der Waals surface area contributed by atoms with Crippen LogP contribution in [0.2, 0.25) is 5.02 Å². The van der Waals surface area contributed by atoms with Crippen LogP contribution in [0.25, 0.3) is 23.0 Å². The van der Waals surface area contributed by atoms with E-state index in [2.05, 4.69) is 5.32 Å². The van der Waals surface area contributed by atoms with Gasteiger partial charge in [-0.3, -0.25) is 9.59 Å². The van der Waals surface area contributed by atoms with Gasteiger partial charge in [0, 0.05) is 28.4 Å². The summed E-state index contributed by atoms with van der Waals surface area (Å²) in [6.07, 6.45) is 5.10. The van der Waals surface area contributed by atoms with E-state index < -0.39 is 5.91 Å². The molecule has 0 saturated carbocycles. The molecule has 0 aliphatic carbocycles. The van der Waals surface area contributed by atoms with E-state index in [4.69, 9.17) is 27.2 Å². The molecule has 4 rings (SSSR count). The van der Waals surface area contributed by atoms with Gasteiger partial charge in [-0.1, -0.05) is 54.1 Å². The van der Waals surface area contributed by atoms with Crippen LogP contribution < -0.4 is 15.8 Å². The lowest BCUT2D eigenvalue weighted by Gasteiger charge is -2.10. The number of hydrogen-bond donors (Lipinski definition) is 2. The molecule has 2 amide bonds. The highest BCUT2D eigenvalue weighted by Crippen LogP contribution is 2.27. The van der Waals surface area contributed by atoms with Gasteiger partial charge in [0.15, 0.2) is 0 Å². The van der Waals surface area contributed by atoms with E-state index in [0.29, 0.717) is 22.2 Å². The molecule has 0 saturated heterocycles. The number of nitrogens with zero attached hydrogens (tertiary/aromatic N) is 2. The van der Waals surface area contributed by atoms with E-state index in [1.54, 1.807) is 47.2 Å². The average Bonchev–Trinajstić information content (AvgIpc) is 3.29. The standard InChI is InChI=1S/C27H23ClN4O3/c28-21-13-10-19(11-14-21)27-20(18-32(31-27)22-6-2-1-3-7-22)12-15-26(34)30-23-8-4-5-9-24(23)35-17-16-25(29)33/h1-15,18H,16-17H2,(H2,29,33)(H,30,34)/b15-12+. The van der Waals surface area contributed by atoms with Crippen molar-refractivity contribution in [2.75, 3.05) is 11.9 Å². The molecule has 0 bridgehead atoms. The summed E-state index contributed by atoms with van der Waals surface area (Å²) in [5.74, 6) is -0.346. The number of amides is 2. The Morgan fingerprint density at radius 2 is 1.71 bits per heavy atom. The highest BCUT2D eigenvalue weighted by atomic mass is 35.5. The predicted molar refractivity (Wildman–Crippen MR) is 137 cm³/mol. The maximum Gasteiger partial charge on any atom is 0.248 e. The summed E-state index contributed by atoms with van der Waals surface area (Å²) >= 11 is 6.05. The third-order valence-electron chi connectivity index (χ3n) is 5.05. The summed E-state index contributed by atoms with van der Waals surface area (Å²) in [7, 11) is 0. The molecule has 0 aliphatic heterocycles. The van der Waals surface area contributed by atoms with Crippen molar-refractivity contribution in [1.29, 1.82) is 0 Å². The number of nitrogens with two attached hydrogens (primary N) is 1. The maximum absolute atomic E-state index is 12.7. The van der Waals surface area contributed by atoms with E-state index in [1.165, 1.54) is 6.08 Å². The monoisotopic (exact) mass is 486 g/mol. The van der Waals surface area contributed by atoms with Crippen LogP contribution in [0, 0.1) is 0 Å². The number of halogens is 1. The molecule has 8 heteroatoms. The summed E-state index contributed by atoms with van der Waals surface area (Å²) in [4.78, 5) is 23.7. The molecule has 0 aliphatic rings. The van der Waals surface area contributed by atoms with Crippen LogP contribution in [0.15, 0.2) is 91.1 Å². The molecule has 176 valence electrons. The first-order chi connectivity index (χ1) is 17.0. The molecule has 3 aromatic carbocycles. The van der Waals surface area contributed by atoms with Gasteiger partial charge in [0.05, 0.1) is 30.1 Å². The summed E-state index contributed by atoms with van der Waals surface area (Å²) in [5.41, 5.74) is 8.89. The van der Waals surface area contributed by atoms with Crippen molar-refractivity contribution in [2.45, 2.75) is 6.42 Å². The van der Waals surface area contributed by atoms with E-state index in [-0.39, 0.29) is 18.9 Å². The Hall–Kier alpha value is -4.36. The van der Waals surface area contributed by atoms with Crippen molar-refractivity contribution in [2.24, 2.45) is 5.73 Å². The van der Waals surface area contributed by atoms with Crippen molar-refractivity contribution in [3.8, 4) is 22.7 Å². The smallest absolute Gasteiger partial charge is 0.248 e. The molecule has 3 N–H and O–H groups in total. The number of nitrogens with one attached hydrogen (secondary N) is 1. The number of para-hydroxylation sites is 3. The number of carbonyl (C=O) groups excluding carboxylic acids is 2. The predicted octanol–water partition coefficient (Wildman–Crippen LogP) is 5.10. The van der Waals surface area contributed by atoms with Gasteiger partial charge in [0.1, 0.15) is 5.75 Å². The van der Waals surface area contributed by atoms with Crippen molar-refractivity contribution in [3.63, 3.8) is 0 Å². The van der Waals surface area contributed by atoms with E-state index in [0.717, 1.165) is 16.8 Å². The Kier molecular flexibility index (Phi) is 7.60. The Morgan fingerprint density at radius 3 is 2.46 bits per heavy atom. The average molecular weight is 487 g/mol. The number of rotatable bonds is 9. The van der Waals surface area contributed by atoms with E-state index >= 15 is 0 Å². The summed E-state index contributed by atoms with van der Waals surface area (Å²) in [6.45, 7) is 0.126. The van der Waals surface area contributed by atoms with E-state index in [9.17, 15) is 9.59 Å². The second-order valence-corrected chi connectivity index (χ2v) is 8.04. The van der Waals surface area contributed by atoms with E-state index in [1.807, 2.05) is 48.7 Å². The zero-order valence-electron chi connectivity index (χ0n) is 18.7. The minimum Gasteiger partial charge on any atom is -0.491 e. The SMILES string of the molecule is NC(=O)CCOc1ccccc1NC(=O)/C=C/c1cn(-c2ccccc2)nc1-c1ccc(Cl)cc1. The number of primary amides is 1. The molecular formula is C27H23ClN4O3. The lowest BCUT2D eigenvalue weighted by molar-refractivity contribution is -0.118. The number of anilines is 1. The normalized spacial score (nSPS) is 10.9. The Morgan fingerprint density at radius 1 is 1.00 bits per heavy atom. The fourth-order valence-corrected chi connectivity index (χ4v) is 3.48. The van der Waals surface area contributed by atoms with Crippen LogP contribution in [-0.4, -0.2) is 28.2 Å². The molecule has 0 radical (unpaired) electrons. The molecular weight excluding hydrogens is 464 g/mol. The number of hydrogen-bond acceptors (Lipinski definition) is 4. The van der Waals surface area contributed by atoms with Crippen molar-refractivity contribution >= 4 is 35.2 Å². The van der Waals surface area contributed by atoms with Crippen molar-refractivity contribution < 1.29 is 14.3 Å². The highest BCUT2D eigenvalue weighted by molar-refractivity contribution is 6.30. The lowest BCUT2D eigenvalue weighted by Crippen LogP contribution is -2.15. The van der Waals surface area contributed by atoms with Gasteiger partial charge >= 0.3 is 0 Å². The van der Waals surface area contributed by atoms with Gasteiger partial charge in [0.2, 0.25) is 11.8 Å². The molecule has 0 atom stereocenters. The lowest BCUT2D eigenvalue weighted by atomic mass is 10.1.